The minimum atomic E-state index is -0.850. The van der Waals surface area contributed by atoms with Crippen LogP contribution in [0.4, 0.5) is 8.78 Å². The van der Waals surface area contributed by atoms with Gasteiger partial charge in [0.15, 0.2) is 11.6 Å². The highest BCUT2D eigenvalue weighted by Crippen LogP contribution is 2.21. The summed E-state index contributed by atoms with van der Waals surface area (Å²) in [5, 5.41) is 0. The molecule has 1 atom stereocenters. The smallest absolute Gasteiger partial charge is 0.159 e. The molecule has 0 N–H and O–H groups in total. The van der Waals surface area contributed by atoms with E-state index in [1.165, 1.54) is 57.9 Å². The van der Waals surface area contributed by atoms with Crippen molar-refractivity contribution in [1.82, 2.24) is 9.97 Å². The first-order valence-corrected chi connectivity index (χ1v) is 11.5. The number of nitrogens with zero attached hydrogens (tertiary/aromatic N) is 2. The van der Waals surface area contributed by atoms with E-state index < -0.39 is 6.17 Å². The second-order valence-corrected chi connectivity index (χ2v) is 8.04. The molecule has 0 amide bonds. The molecule has 1 unspecified atom stereocenters. The molecular formula is C25H36F2N2O. The lowest BCUT2D eigenvalue weighted by atomic mass is 10.0. The van der Waals surface area contributed by atoms with Crippen LogP contribution in [0.5, 0.6) is 5.75 Å². The Morgan fingerprint density at radius 2 is 1.60 bits per heavy atom. The molecule has 3 nitrogen and oxygen atoms in total. The van der Waals surface area contributed by atoms with Crippen LogP contribution in [-0.2, 0) is 6.42 Å². The quantitative estimate of drug-likeness (QED) is 0.281. The molecule has 0 radical (unpaired) electrons. The van der Waals surface area contributed by atoms with Crippen LogP contribution in [0, 0.1) is 5.82 Å². The van der Waals surface area contributed by atoms with Crippen LogP contribution in [-0.4, -0.2) is 22.7 Å². The van der Waals surface area contributed by atoms with E-state index in [1.54, 1.807) is 18.5 Å². The molecule has 0 saturated heterocycles. The molecule has 166 valence electrons. The molecule has 0 saturated carbocycles. The van der Waals surface area contributed by atoms with Gasteiger partial charge in [0.25, 0.3) is 0 Å². The first-order chi connectivity index (χ1) is 14.6. The Kier molecular flexibility index (Phi) is 11.3. The number of hydrogen-bond donors (Lipinski definition) is 0. The molecule has 30 heavy (non-hydrogen) atoms. The van der Waals surface area contributed by atoms with Gasteiger partial charge in [0, 0.05) is 5.56 Å². The van der Waals surface area contributed by atoms with Crippen molar-refractivity contribution in [3.8, 4) is 17.1 Å². The molecule has 0 aliphatic heterocycles. The van der Waals surface area contributed by atoms with E-state index in [0.717, 1.165) is 6.42 Å². The Balaban J connectivity index is 1.72. The van der Waals surface area contributed by atoms with Crippen LogP contribution >= 0.6 is 0 Å². The molecule has 2 rings (SSSR count). The number of ether oxygens (including phenoxy) is 1. The Bertz CT molecular complexity index is 720. The summed E-state index contributed by atoms with van der Waals surface area (Å²) in [5.41, 5.74) is 1.23. The predicted molar refractivity (Wildman–Crippen MR) is 119 cm³/mol. The minimum absolute atomic E-state index is 0.294. The number of hydrogen-bond acceptors (Lipinski definition) is 3. The highest BCUT2D eigenvalue weighted by Gasteiger charge is 2.08. The lowest BCUT2D eigenvalue weighted by Gasteiger charge is -2.08. The Labute approximate surface area is 180 Å². The fourth-order valence-electron chi connectivity index (χ4n) is 3.43. The topological polar surface area (TPSA) is 35.0 Å². The average molecular weight is 419 g/mol. The van der Waals surface area contributed by atoms with Crippen molar-refractivity contribution in [2.24, 2.45) is 0 Å². The van der Waals surface area contributed by atoms with Gasteiger partial charge < -0.3 is 4.74 Å². The van der Waals surface area contributed by atoms with Crippen LogP contribution in [0.1, 0.15) is 83.6 Å². The summed E-state index contributed by atoms with van der Waals surface area (Å²) in [5.74, 6) is 0.814. The summed E-state index contributed by atoms with van der Waals surface area (Å²) < 4.78 is 32.9. The lowest BCUT2D eigenvalue weighted by Crippen LogP contribution is -2.00. The zero-order chi connectivity index (χ0) is 21.6. The van der Waals surface area contributed by atoms with Gasteiger partial charge in [-0.1, -0.05) is 64.0 Å². The van der Waals surface area contributed by atoms with E-state index in [1.807, 2.05) is 6.07 Å². The first-order valence-electron chi connectivity index (χ1n) is 11.5. The highest BCUT2D eigenvalue weighted by atomic mass is 19.1. The zero-order valence-electron chi connectivity index (χ0n) is 18.5. The molecule has 0 spiro atoms. The molecule has 5 heteroatoms. The van der Waals surface area contributed by atoms with Gasteiger partial charge in [-0.25, -0.2) is 18.7 Å². The molecule has 0 fully saturated rings. The summed E-state index contributed by atoms with van der Waals surface area (Å²) in [6.07, 6.45) is 14.1. The van der Waals surface area contributed by atoms with Gasteiger partial charge in [0.2, 0.25) is 0 Å². The molecule has 0 bridgehead atoms. The van der Waals surface area contributed by atoms with Crippen molar-refractivity contribution in [3.05, 3.63) is 42.0 Å². The van der Waals surface area contributed by atoms with Crippen LogP contribution < -0.4 is 4.74 Å². The number of aromatic nitrogens is 2. The summed E-state index contributed by atoms with van der Waals surface area (Å²) in [6.45, 7) is 4.43. The third-order valence-corrected chi connectivity index (χ3v) is 5.25. The van der Waals surface area contributed by atoms with Crippen molar-refractivity contribution in [2.75, 3.05) is 6.61 Å². The van der Waals surface area contributed by atoms with E-state index in [-0.39, 0.29) is 5.82 Å². The predicted octanol–water partition coefficient (Wildman–Crippen LogP) is 7.48. The summed E-state index contributed by atoms with van der Waals surface area (Å²) in [7, 11) is 0. The molecule has 0 aliphatic rings. The van der Waals surface area contributed by atoms with E-state index in [9.17, 15) is 8.78 Å². The Morgan fingerprint density at radius 3 is 2.23 bits per heavy atom. The van der Waals surface area contributed by atoms with Crippen molar-refractivity contribution in [1.29, 1.82) is 0 Å². The van der Waals surface area contributed by atoms with Crippen molar-refractivity contribution >= 4 is 0 Å². The van der Waals surface area contributed by atoms with Crippen molar-refractivity contribution < 1.29 is 13.5 Å². The van der Waals surface area contributed by atoms with Gasteiger partial charge in [0.05, 0.1) is 25.2 Å². The van der Waals surface area contributed by atoms with Crippen molar-refractivity contribution in [2.45, 2.75) is 90.6 Å². The molecule has 2 aromatic rings. The van der Waals surface area contributed by atoms with Gasteiger partial charge in [-0.15, -0.1) is 0 Å². The first kappa shape index (κ1) is 24.2. The summed E-state index contributed by atoms with van der Waals surface area (Å²) >= 11 is 0. The number of alkyl halides is 1. The van der Waals surface area contributed by atoms with Gasteiger partial charge in [-0.3, -0.25) is 0 Å². The maximum atomic E-state index is 14.3. The van der Waals surface area contributed by atoms with Gasteiger partial charge in [-0.2, -0.15) is 0 Å². The average Bonchev–Trinajstić information content (AvgIpc) is 2.74. The number of rotatable bonds is 15. The second-order valence-electron chi connectivity index (χ2n) is 8.04. The standard InChI is InChI=1S/C25H36F2N2O/c1-3-4-5-6-7-8-9-10-16-30-23-18-28-25(29-19-23)22-15-14-21(24(27)17-22)13-11-12-20(2)26/h14-15,17-20H,3-13,16H2,1-2H3. The van der Waals surface area contributed by atoms with E-state index >= 15 is 0 Å². The van der Waals surface area contributed by atoms with E-state index in [0.29, 0.717) is 48.6 Å². The minimum Gasteiger partial charge on any atom is -0.490 e. The van der Waals surface area contributed by atoms with Crippen molar-refractivity contribution in [3.63, 3.8) is 0 Å². The largest absolute Gasteiger partial charge is 0.490 e. The molecule has 0 aliphatic carbocycles. The number of unbranched alkanes of at least 4 members (excludes halogenated alkanes) is 7. The number of benzene rings is 1. The molecule has 1 aromatic carbocycles. The number of aryl methyl sites for hydroxylation is 1. The van der Waals surface area contributed by atoms with Gasteiger partial charge in [0.1, 0.15) is 5.82 Å². The highest BCUT2D eigenvalue weighted by molar-refractivity contribution is 5.55. The van der Waals surface area contributed by atoms with E-state index in [2.05, 4.69) is 16.9 Å². The number of halogens is 2. The van der Waals surface area contributed by atoms with Crippen LogP contribution in [0.25, 0.3) is 11.4 Å². The maximum absolute atomic E-state index is 14.3. The third-order valence-electron chi connectivity index (χ3n) is 5.25. The monoisotopic (exact) mass is 418 g/mol. The molecule has 1 heterocycles. The fourth-order valence-corrected chi connectivity index (χ4v) is 3.43. The molecule has 1 aromatic heterocycles. The van der Waals surface area contributed by atoms with Crippen LogP contribution in [0.2, 0.25) is 0 Å². The fraction of sp³-hybridized carbons (Fsp3) is 0.600. The summed E-state index contributed by atoms with van der Waals surface area (Å²) in [4.78, 5) is 8.62. The SMILES string of the molecule is CCCCCCCCCCOc1cnc(-c2ccc(CCCC(C)F)c(F)c2)nc1. The maximum Gasteiger partial charge on any atom is 0.159 e. The van der Waals surface area contributed by atoms with Crippen LogP contribution in [0.3, 0.4) is 0 Å². The normalized spacial score (nSPS) is 12.1. The summed E-state index contributed by atoms with van der Waals surface area (Å²) in [6, 6.07) is 5.00. The third kappa shape index (κ3) is 9.19. The Morgan fingerprint density at radius 1 is 0.933 bits per heavy atom. The van der Waals surface area contributed by atoms with Gasteiger partial charge in [-0.05, 0) is 44.2 Å². The zero-order valence-corrected chi connectivity index (χ0v) is 18.5. The Hall–Kier alpha value is -2.04. The molecular weight excluding hydrogens is 382 g/mol. The van der Waals surface area contributed by atoms with E-state index in [4.69, 9.17) is 4.74 Å². The lowest BCUT2D eigenvalue weighted by molar-refractivity contribution is 0.302. The van der Waals surface area contributed by atoms with Gasteiger partial charge >= 0.3 is 0 Å². The van der Waals surface area contributed by atoms with Crippen LogP contribution in [0.15, 0.2) is 30.6 Å². The second kappa shape index (κ2) is 14.1.